The van der Waals surface area contributed by atoms with E-state index in [2.05, 4.69) is 39.9 Å². The van der Waals surface area contributed by atoms with E-state index in [-0.39, 0.29) is 5.54 Å². The molecular weight excluding hydrogens is 172 g/mol. The molecule has 0 rings (SSSR count). The summed E-state index contributed by atoms with van der Waals surface area (Å²) < 4.78 is 0. The molecule has 0 amide bonds. The summed E-state index contributed by atoms with van der Waals surface area (Å²) >= 11 is 0. The molecule has 2 heteroatoms. The molecule has 3 N–H and O–H groups in total. The second kappa shape index (κ2) is 5.72. The standard InChI is InChI=1S/C12H28N2/c1-6-8-12(5,7-2)14-10-9-11(3,4)13/h14H,6-10,13H2,1-5H3. The van der Waals surface area contributed by atoms with Crippen LogP contribution >= 0.6 is 0 Å². The molecule has 0 aromatic rings. The van der Waals surface area contributed by atoms with E-state index in [1.807, 2.05) is 0 Å². The van der Waals surface area contributed by atoms with Crippen molar-refractivity contribution in [1.29, 1.82) is 0 Å². The molecule has 1 unspecified atom stereocenters. The van der Waals surface area contributed by atoms with Gasteiger partial charge in [-0.25, -0.2) is 0 Å². The van der Waals surface area contributed by atoms with E-state index in [4.69, 9.17) is 5.73 Å². The number of nitrogens with one attached hydrogen (secondary N) is 1. The molecule has 0 aromatic heterocycles. The highest BCUT2D eigenvalue weighted by Crippen LogP contribution is 2.16. The third-order valence-electron chi connectivity index (χ3n) is 2.90. The van der Waals surface area contributed by atoms with Crippen LogP contribution in [0, 0.1) is 0 Å². The van der Waals surface area contributed by atoms with Crippen LogP contribution in [0.3, 0.4) is 0 Å². The average Bonchev–Trinajstić information content (AvgIpc) is 2.02. The van der Waals surface area contributed by atoms with Gasteiger partial charge in [-0.05, 0) is 46.6 Å². The van der Waals surface area contributed by atoms with Crippen LogP contribution in [0.25, 0.3) is 0 Å². The molecule has 0 saturated carbocycles. The highest BCUT2D eigenvalue weighted by molar-refractivity contribution is 4.82. The Hall–Kier alpha value is -0.0800. The fourth-order valence-corrected chi connectivity index (χ4v) is 1.63. The summed E-state index contributed by atoms with van der Waals surface area (Å²) in [6.07, 6.45) is 4.70. The largest absolute Gasteiger partial charge is 0.326 e. The third kappa shape index (κ3) is 6.39. The lowest BCUT2D eigenvalue weighted by Crippen LogP contribution is -2.45. The van der Waals surface area contributed by atoms with E-state index >= 15 is 0 Å². The lowest BCUT2D eigenvalue weighted by molar-refractivity contribution is 0.301. The predicted octanol–water partition coefficient (Wildman–Crippen LogP) is 2.67. The molecule has 1 atom stereocenters. The quantitative estimate of drug-likeness (QED) is 0.663. The summed E-state index contributed by atoms with van der Waals surface area (Å²) in [5.74, 6) is 0. The summed E-state index contributed by atoms with van der Waals surface area (Å²) in [5.41, 5.74) is 6.20. The van der Waals surface area contributed by atoms with Gasteiger partial charge in [0.15, 0.2) is 0 Å². The first kappa shape index (κ1) is 13.9. The van der Waals surface area contributed by atoms with Crippen LogP contribution < -0.4 is 11.1 Å². The zero-order valence-corrected chi connectivity index (χ0v) is 10.6. The van der Waals surface area contributed by atoms with Gasteiger partial charge in [0, 0.05) is 11.1 Å². The van der Waals surface area contributed by atoms with Crippen molar-refractivity contribution in [2.75, 3.05) is 6.54 Å². The molecule has 2 nitrogen and oxygen atoms in total. The highest BCUT2D eigenvalue weighted by atomic mass is 15.0. The first-order valence-electron chi connectivity index (χ1n) is 5.87. The van der Waals surface area contributed by atoms with Gasteiger partial charge >= 0.3 is 0 Å². The summed E-state index contributed by atoms with van der Waals surface area (Å²) in [5, 5.41) is 3.62. The molecule has 14 heavy (non-hydrogen) atoms. The molecule has 0 saturated heterocycles. The Morgan fingerprint density at radius 1 is 1.07 bits per heavy atom. The fourth-order valence-electron chi connectivity index (χ4n) is 1.63. The van der Waals surface area contributed by atoms with Gasteiger partial charge in [0.1, 0.15) is 0 Å². The van der Waals surface area contributed by atoms with Crippen molar-refractivity contribution >= 4 is 0 Å². The van der Waals surface area contributed by atoms with Gasteiger partial charge < -0.3 is 11.1 Å². The lowest BCUT2D eigenvalue weighted by Gasteiger charge is -2.31. The average molecular weight is 200 g/mol. The van der Waals surface area contributed by atoms with Gasteiger partial charge in [0.05, 0.1) is 0 Å². The third-order valence-corrected chi connectivity index (χ3v) is 2.90. The first-order chi connectivity index (χ1) is 6.33. The Labute approximate surface area is 89.6 Å². The van der Waals surface area contributed by atoms with Crippen LogP contribution in [0.2, 0.25) is 0 Å². The van der Waals surface area contributed by atoms with Gasteiger partial charge in [-0.1, -0.05) is 20.3 Å². The molecule has 0 spiro atoms. The lowest BCUT2D eigenvalue weighted by atomic mass is 9.92. The number of nitrogens with two attached hydrogens (primary N) is 1. The molecule has 86 valence electrons. The zero-order chi connectivity index (χ0) is 11.2. The summed E-state index contributed by atoms with van der Waals surface area (Å²) in [6.45, 7) is 12.0. The summed E-state index contributed by atoms with van der Waals surface area (Å²) in [4.78, 5) is 0. The number of rotatable bonds is 7. The second-order valence-corrected chi connectivity index (χ2v) is 5.33. The fraction of sp³-hybridized carbons (Fsp3) is 1.00. The van der Waals surface area contributed by atoms with E-state index in [9.17, 15) is 0 Å². The summed E-state index contributed by atoms with van der Waals surface area (Å²) in [7, 11) is 0. The molecule has 0 fully saturated rings. The monoisotopic (exact) mass is 200 g/mol. The van der Waals surface area contributed by atoms with Crippen LogP contribution in [0.5, 0.6) is 0 Å². The van der Waals surface area contributed by atoms with Crippen LogP contribution in [0.1, 0.15) is 60.3 Å². The van der Waals surface area contributed by atoms with E-state index in [1.54, 1.807) is 0 Å². The van der Waals surface area contributed by atoms with E-state index in [0.29, 0.717) is 5.54 Å². The number of hydrogen-bond donors (Lipinski definition) is 2. The first-order valence-corrected chi connectivity index (χ1v) is 5.87. The van der Waals surface area contributed by atoms with Gasteiger partial charge in [0.2, 0.25) is 0 Å². The minimum absolute atomic E-state index is 0.0478. The molecule has 0 aliphatic rings. The van der Waals surface area contributed by atoms with Crippen LogP contribution in [-0.4, -0.2) is 17.6 Å². The second-order valence-electron chi connectivity index (χ2n) is 5.33. The van der Waals surface area contributed by atoms with Crippen LogP contribution in [-0.2, 0) is 0 Å². The minimum Gasteiger partial charge on any atom is -0.326 e. The van der Waals surface area contributed by atoms with Gasteiger partial charge in [-0.2, -0.15) is 0 Å². The van der Waals surface area contributed by atoms with Crippen molar-refractivity contribution < 1.29 is 0 Å². The van der Waals surface area contributed by atoms with E-state index in [0.717, 1.165) is 13.0 Å². The Morgan fingerprint density at radius 2 is 1.64 bits per heavy atom. The van der Waals surface area contributed by atoms with E-state index in [1.165, 1.54) is 19.3 Å². The highest BCUT2D eigenvalue weighted by Gasteiger charge is 2.20. The molecule has 0 bridgehead atoms. The Bertz CT molecular complexity index is 149. The zero-order valence-electron chi connectivity index (χ0n) is 10.6. The summed E-state index contributed by atoms with van der Waals surface area (Å²) in [6, 6.07) is 0. The number of hydrogen-bond acceptors (Lipinski definition) is 2. The van der Waals surface area contributed by atoms with Crippen molar-refractivity contribution in [1.82, 2.24) is 5.32 Å². The molecule has 0 radical (unpaired) electrons. The molecule has 0 heterocycles. The maximum Gasteiger partial charge on any atom is 0.0150 e. The topological polar surface area (TPSA) is 38.0 Å². The predicted molar refractivity (Wildman–Crippen MR) is 64.5 cm³/mol. The maximum atomic E-state index is 5.94. The van der Waals surface area contributed by atoms with Crippen molar-refractivity contribution in [2.45, 2.75) is 71.4 Å². The van der Waals surface area contributed by atoms with Gasteiger partial charge in [-0.15, -0.1) is 0 Å². The smallest absolute Gasteiger partial charge is 0.0150 e. The Balaban J connectivity index is 3.84. The molecule has 0 aliphatic carbocycles. The SMILES string of the molecule is CCCC(C)(CC)NCCC(C)(C)N. The van der Waals surface area contributed by atoms with Crippen LogP contribution in [0.4, 0.5) is 0 Å². The van der Waals surface area contributed by atoms with Crippen molar-refractivity contribution in [2.24, 2.45) is 5.73 Å². The molecule has 0 aromatic carbocycles. The maximum absolute atomic E-state index is 5.94. The Kier molecular flexibility index (Phi) is 5.68. The van der Waals surface area contributed by atoms with Gasteiger partial charge in [0.25, 0.3) is 0 Å². The molecule has 0 aliphatic heterocycles. The molecular formula is C12H28N2. The van der Waals surface area contributed by atoms with Crippen LogP contribution in [0.15, 0.2) is 0 Å². The Morgan fingerprint density at radius 3 is 2.00 bits per heavy atom. The van der Waals surface area contributed by atoms with Crippen molar-refractivity contribution in [3.8, 4) is 0 Å². The van der Waals surface area contributed by atoms with E-state index < -0.39 is 0 Å². The van der Waals surface area contributed by atoms with Crippen molar-refractivity contribution in [3.05, 3.63) is 0 Å². The minimum atomic E-state index is -0.0478. The normalized spacial score (nSPS) is 16.7. The van der Waals surface area contributed by atoms with Crippen molar-refractivity contribution in [3.63, 3.8) is 0 Å². The van der Waals surface area contributed by atoms with Gasteiger partial charge in [-0.3, -0.25) is 0 Å².